The Morgan fingerprint density at radius 2 is 2.33 bits per heavy atom. The Kier molecular flexibility index (Phi) is 4.11. The maximum atomic E-state index is 11.5. The van der Waals surface area contributed by atoms with Gasteiger partial charge in [0, 0.05) is 25.4 Å². The van der Waals surface area contributed by atoms with E-state index in [9.17, 15) is 4.79 Å². The molecule has 0 aliphatic heterocycles. The summed E-state index contributed by atoms with van der Waals surface area (Å²) in [4.78, 5) is 13.7. The summed E-state index contributed by atoms with van der Waals surface area (Å²) >= 11 is 0. The Morgan fingerprint density at radius 1 is 1.50 bits per heavy atom. The van der Waals surface area contributed by atoms with Crippen LogP contribution in [0.25, 0.3) is 0 Å². The first-order chi connectivity index (χ1) is 8.69. The number of hydrogen-bond acceptors (Lipinski definition) is 3. The zero-order valence-corrected chi connectivity index (χ0v) is 10.7. The van der Waals surface area contributed by atoms with Gasteiger partial charge in [-0.1, -0.05) is 12.1 Å². The quantitative estimate of drug-likeness (QED) is 0.818. The predicted molar refractivity (Wildman–Crippen MR) is 69.9 cm³/mol. The number of carbonyl (C=O) groups excluding carboxylic acids is 1. The zero-order valence-electron chi connectivity index (χ0n) is 10.7. The van der Waals surface area contributed by atoms with Gasteiger partial charge in [-0.2, -0.15) is 5.26 Å². The molecule has 0 heterocycles. The minimum Gasteiger partial charge on any atom is -0.300 e. The van der Waals surface area contributed by atoms with E-state index >= 15 is 0 Å². The molecule has 0 N–H and O–H groups in total. The van der Waals surface area contributed by atoms with Gasteiger partial charge in [0.15, 0.2) is 0 Å². The highest BCUT2D eigenvalue weighted by atomic mass is 16.1. The summed E-state index contributed by atoms with van der Waals surface area (Å²) in [6.45, 7) is 0.799. The van der Waals surface area contributed by atoms with E-state index in [4.69, 9.17) is 5.26 Å². The van der Waals surface area contributed by atoms with Crippen LogP contribution in [0, 0.1) is 11.3 Å². The molecule has 1 fully saturated rings. The smallest absolute Gasteiger partial charge is 0.134 e. The van der Waals surface area contributed by atoms with Gasteiger partial charge < -0.3 is 0 Å². The first-order valence-corrected chi connectivity index (χ1v) is 6.40. The van der Waals surface area contributed by atoms with Crippen LogP contribution in [-0.2, 0) is 11.3 Å². The van der Waals surface area contributed by atoms with Gasteiger partial charge in [0.05, 0.1) is 11.6 Å². The minimum absolute atomic E-state index is 0.358. The summed E-state index contributed by atoms with van der Waals surface area (Å²) in [5.74, 6) is 0.379. The number of benzene rings is 1. The van der Waals surface area contributed by atoms with Crippen LogP contribution in [-0.4, -0.2) is 23.8 Å². The van der Waals surface area contributed by atoms with E-state index < -0.39 is 0 Å². The normalized spacial score (nSPS) is 19.8. The molecule has 0 bridgehead atoms. The molecule has 18 heavy (non-hydrogen) atoms. The van der Waals surface area contributed by atoms with Crippen LogP contribution in [0.5, 0.6) is 0 Å². The first-order valence-electron chi connectivity index (χ1n) is 6.40. The van der Waals surface area contributed by atoms with Crippen molar-refractivity contribution in [1.82, 2.24) is 4.90 Å². The van der Waals surface area contributed by atoms with Crippen molar-refractivity contribution in [2.75, 3.05) is 7.05 Å². The number of Topliss-reactive ketones (excluding diaryl/α,β-unsaturated/α-hetero) is 1. The van der Waals surface area contributed by atoms with E-state index in [1.165, 1.54) is 0 Å². The van der Waals surface area contributed by atoms with Crippen LogP contribution in [0.4, 0.5) is 0 Å². The lowest BCUT2D eigenvalue weighted by Gasteiger charge is -2.30. The van der Waals surface area contributed by atoms with Crippen LogP contribution in [0.15, 0.2) is 24.3 Å². The summed E-state index contributed by atoms with van der Waals surface area (Å²) < 4.78 is 0. The summed E-state index contributed by atoms with van der Waals surface area (Å²) in [6, 6.07) is 10.2. The second-order valence-corrected chi connectivity index (χ2v) is 5.02. The average molecular weight is 242 g/mol. The highest BCUT2D eigenvalue weighted by molar-refractivity contribution is 5.79. The molecule has 0 spiro atoms. The van der Waals surface area contributed by atoms with Crippen molar-refractivity contribution in [1.29, 1.82) is 5.26 Å². The Morgan fingerprint density at radius 3 is 3.06 bits per heavy atom. The molecular weight excluding hydrogens is 224 g/mol. The topological polar surface area (TPSA) is 44.1 Å². The third-order valence-electron chi connectivity index (χ3n) is 3.57. The van der Waals surface area contributed by atoms with Crippen molar-refractivity contribution in [3.05, 3.63) is 35.4 Å². The second-order valence-electron chi connectivity index (χ2n) is 5.02. The minimum atomic E-state index is 0.358. The van der Waals surface area contributed by atoms with Gasteiger partial charge in [0.2, 0.25) is 0 Å². The lowest BCUT2D eigenvalue weighted by atomic mass is 9.93. The van der Waals surface area contributed by atoms with E-state index in [-0.39, 0.29) is 0 Å². The number of nitrogens with zero attached hydrogens (tertiary/aromatic N) is 2. The van der Waals surface area contributed by atoms with Crippen molar-refractivity contribution < 1.29 is 4.79 Å². The molecule has 1 aromatic carbocycles. The molecule has 2 rings (SSSR count). The number of rotatable bonds is 3. The van der Waals surface area contributed by atoms with E-state index in [1.54, 1.807) is 0 Å². The highest BCUT2D eigenvalue weighted by Crippen LogP contribution is 2.21. The summed E-state index contributed by atoms with van der Waals surface area (Å²) in [5, 5.41) is 8.87. The van der Waals surface area contributed by atoms with Gasteiger partial charge in [0.25, 0.3) is 0 Å². The van der Waals surface area contributed by atoms with Crippen LogP contribution in [0.2, 0.25) is 0 Å². The molecule has 1 unspecified atom stereocenters. The molecule has 94 valence electrons. The number of nitriles is 1. The molecule has 0 aromatic heterocycles. The third kappa shape index (κ3) is 3.18. The largest absolute Gasteiger partial charge is 0.300 e. The molecule has 0 amide bonds. The molecule has 1 atom stereocenters. The number of carbonyl (C=O) groups is 1. The number of ketones is 1. The summed E-state index contributed by atoms with van der Waals surface area (Å²) in [5.41, 5.74) is 1.83. The Bertz CT molecular complexity index is 476. The molecule has 1 aliphatic rings. The third-order valence-corrected chi connectivity index (χ3v) is 3.57. The fourth-order valence-electron chi connectivity index (χ4n) is 2.53. The van der Waals surface area contributed by atoms with E-state index in [2.05, 4.69) is 18.0 Å². The monoisotopic (exact) mass is 242 g/mol. The standard InChI is InChI=1S/C15H18N2O/c1-17(14-6-3-7-15(18)9-14)11-13-5-2-4-12(8-13)10-16/h2,4-5,8,14H,3,6-7,9,11H2,1H3. The van der Waals surface area contributed by atoms with E-state index in [0.717, 1.165) is 31.4 Å². The van der Waals surface area contributed by atoms with Crippen molar-refractivity contribution in [2.45, 2.75) is 38.3 Å². The van der Waals surface area contributed by atoms with Gasteiger partial charge in [-0.05, 0) is 37.6 Å². The van der Waals surface area contributed by atoms with Gasteiger partial charge >= 0.3 is 0 Å². The van der Waals surface area contributed by atoms with Crippen LogP contribution in [0.3, 0.4) is 0 Å². The fraction of sp³-hybridized carbons (Fsp3) is 0.467. The van der Waals surface area contributed by atoms with Gasteiger partial charge in [-0.15, -0.1) is 0 Å². The lowest BCUT2D eigenvalue weighted by Crippen LogP contribution is -2.35. The van der Waals surface area contributed by atoms with E-state index in [0.29, 0.717) is 23.8 Å². The zero-order chi connectivity index (χ0) is 13.0. The van der Waals surface area contributed by atoms with Gasteiger partial charge in [-0.25, -0.2) is 0 Å². The van der Waals surface area contributed by atoms with Crippen molar-refractivity contribution in [3.8, 4) is 6.07 Å². The molecule has 1 aromatic rings. The van der Waals surface area contributed by atoms with Gasteiger partial charge in [0.1, 0.15) is 5.78 Å². The first kappa shape index (κ1) is 12.8. The van der Waals surface area contributed by atoms with E-state index in [1.807, 2.05) is 24.3 Å². The molecular formula is C15H18N2O. The van der Waals surface area contributed by atoms with Crippen molar-refractivity contribution in [3.63, 3.8) is 0 Å². The predicted octanol–water partition coefficient (Wildman–Crippen LogP) is 2.50. The lowest BCUT2D eigenvalue weighted by molar-refractivity contribution is -0.121. The average Bonchev–Trinajstić information content (AvgIpc) is 2.39. The SMILES string of the molecule is CN(Cc1cccc(C#N)c1)C1CCCC(=O)C1. The van der Waals surface area contributed by atoms with Crippen LogP contribution < -0.4 is 0 Å². The fourth-order valence-corrected chi connectivity index (χ4v) is 2.53. The number of hydrogen-bond donors (Lipinski definition) is 0. The highest BCUT2D eigenvalue weighted by Gasteiger charge is 2.22. The summed E-state index contributed by atoms with van der Waals surface area (Å²) in [6.07, 6.45) is 3.52. The van der Waals surface area contributed by atoms with Crippen LogP contribution >= 0.6 is 0 Å². The second kappa shape index (κ2) is 5.79. The molecule has 0 saturated heterocycles. The Balaban J connectivity index is 1.99. The maximum Gasteiger partial charge on any atom is 0.134 e. The molecule has 3 heteroatoms. The maximum absolute atomic E-state index is 11.5. The van der Waals surface area contributed by atoms with Crippen molar-refractivity contribution >= 4 is 5.78 Å². The van der Waals surface area contributed by atoms with Crippen LogP contribution in [0.1, 0.15) is 36.8 Å². The Hall–Kier alpha value is -1.66. The Labute approximate surface area is 108 Å². The van der Waals surface area contributed by atoms with Crippen molar-refractivity contribution in [2.24, 2.45) is 0 Å². The molecule has 3 nitrogen and oxygen atoms in total. The molecule has 1 aliphatic carbocycles. The molecule has 1 saturated carbocycles. The van der Waals surface area contributed by atoms with Gasteiger partial charge in [-0.3, -0.25) is 9.69 Å². The summed E-state index contributed by atoms with van der Waals surface area (Å²) in [7, 11) is 2.06. The molecule has 0 radical (unpaired) electrons.